The molecule has 0 unspecified atom stereocenters. The summed E-state index contributed by atoms with van der Waals surface area (Å²) in [7, 11) is 4.81. The van der Waals surface area contributed by atoms with Crippen LogP contribution >= 0.6 is 0 Å². The van der Waals surface area contributed by atoms with Crippen molar-refractivity contribution in [2.45, 2.75) is 6.61 Å². The Morgan fingerprint density at radius 3 is 2.59 bits per heavy atom. The van der Waals surface area contributed by atoms with Crippen LogP contribution in [0.3, 0.4) is 0 Å². The Labute approximate surface area is 129 Å². The van der Waals surface area contributed by atoms with E-state index in [2.05, 4.69) is 0 Å². The van der Waals surface area contributed by atoms with E-state index in [-0.39, 0.29) is 18.3 Å². The van der Waals surface area contributed by atoms with Gasteiger partial charge < -0.3 is 14.4 Å². The second-order valence-corrected chi connectivity index (χ2v) is 4.98. The van der Waals surface area contributed by atoms with Gasteiger partial charge in [0.15, 0.2) is 11.6 Å². The Kier molecular flexibility index (Phi) is 4.99. The minimum absolute atomic E-state index is 0.0719. The molecule has 0 saturated carbocycles. The Morgan fingerprint density at radius 2 is 1.95 bits per heavy atom. The highest BCUT2D eigenvalue weighted by Crippen LogP contribution is 2.23. The van der Waals surface area contributed by atoms with Crippen LogP contribution in [0.15, 0.2) is 42.5 Å². The average Bonchev–Trinajstić information content (AvgIpc) is 2.52. The van der Waals surface area contributed by atoms with E-state index >= 15 is 0 Å². The van der Waals surface area contributed by atoms with E-state index < -0.39 is 5.82 Å². The maximum atomic E-state index is 13.6. The van der Waals surface area contributed by atoms with Gasteiger partial charge >= 0.3 is 0 Å². The van der Waals surface area contributed by atoms with E-state index in [1.54, 1.807) is 38.4 Å². The number of nitrogens with zero attached hydrogens (tertiary/aromatic N) is 1. The number of methoxy groups -OCH3 is 1. The van der Waals surface area contributed by atoms with E-state index in [9.17, 15) is 9.18 Å². The molecular formula is C17H18FNO3. The van der Waals surface area contributed by atoms with Crippen molar-refractivity contribution in [1.82, 2.24) is 4.90 Å². The zero-order valence-corrected chi connectivity index (χ0v) is 12.8. The molecule has 4 nitrogen and oxygen atoms in total. The van der Waals surface area contributed by atoms with Gasteiger partial charge in [-0.1, -0.05) is 12.1 Å². The van der Waals surface area contributed by atoms with Crippen LogP contribution in [0.2, 0.25) is 0 Å². The monoisotopic (exact) mass is 303 g/mol. The SMILES string of the molecule is COc1ccc(OCc2cccc(C(=O)N(C)C)c2)cc1F. The van der Waals surface area contributed by atoms with Crippen molar-refractivity contribution < 1.29 is 18.7 Å². The molecule has 0 radical (unpaired) electrons. The largest absolute Gasteiger partial charge is 0.494 e. The number of halogens is 1. The van der Waals surface area contributed by atoms with Crippen LogP contribution in [0.4, 0.5) is 4.39 Å². The summed E-state index contributed by atoms with van der Waals surface area (Å²) in [5.41, 5.74) is 1.43. The number of carbonyl (C=O) groups is 1. The van der Waals surface area contributed by atoms with Gasteiger partial charge in [-0.15, -0.1) is 0 Å². The number of hydrogen-bond donors (Lipinski definition) is 0. The summed E-state index contributed by atoms with van der Waals surface area (Å²) in [5, 5.41) is 0. The minimum Gasteiger partial charge on any atom is -0.494 e. The lowest BCUT2D eigenvalue weighted by Crippen LogP contribution is -2.21. The molecule has 0 bridgehead atoms. The molecular weight excluding hydrogens is 285 g/mol. The molecule has 0 aromatic heterocycles. The van der Waals surface area contributed by atoms with Gasteiger partial charge in [-0.2, -0.15) is 0 Å². The maximum absolute atomic E-state index is 13.6. The molecule has 0 fully saturated rings. The predicted molar refractivity (Wildman–Crippen MR) is 81.7 cm³/mol. The summed E-state index contributed by atoms with van der Waals surface area (Å²) in [6.07, 6.45) is 0. The molecule has 0 atom stereocenters. The summed E-state index contributed by atoms with van der Waals surface area (Å²) in [6, 6.07) is 11.6. The van der Waals surface area contributed by atoms with Crippen LogP contribution in [0, 0.1) is 5.82 Å². The topological polar surface area (TPSA) is 38.8 Å². The third-order valence-electron chi connectivity index (χ3n) is 3.11. The summed E-state index contributed by atoms with van der Waals surface area (Å²) in [5.74, 6) is 0.0300. The fraction of sp³-hybridized carbons (Fsp3) is 0.235. The van der Waals surface area contributed by atoms with Gasteiger partial charge in [0.05, 0.1) is 7.11 Å². The molecule has 5 heteroatoms. The van der Waals surface area contributed by atoms with E-state index in [4.69, 9.17) is 9.47 Å². The first kappa shape index (κ1) is 15.8. The third-order valence-corrected chi connectivity index (χ3v) is 3.11. The van der Waals surface area contributed by atoms with Crippen molar-refractivity contribution >= 4 is 5.91 Å². The third kappa shape index (κ3) is 3.75. The highest BCUT2D eigenvalue weighted by atomic mass is 19.1. The number of rotatable bonds is 5. The van der Waals surface area contributed by atoms with Gasteiger partial charge in [0, 0.05) is 25.7 Å². The molecule has 2 aromatic rings. The average molecular weight is 303 g/mol. The lowest BCUT2D eigenvalue weighted by molar-refractivity contribution is 0.0827. The minimum atomic E-state index is -0.475. The van der Waals surface area contributed by atoms with E-state index in [0.717, 1.165) is 5.56 Å². The van der Waals surface area contributed by atoms with Crippen molar-refractivity contribution in [3.05, 3.63) is 59.4 Å². The van der Waals surface area contributed by atoms with Gasteiger partial charge in [-0.25, -0.2) is 4.39 Å². The maximum Gasteiger partial charge on any atom is 0.253 e. The van der Waals surface area contributed by atoms with Crippen LogP contribution in [0.1, 0.15) is 15.9 Å². The summed E-state index contributed by atoms with van der Waals surface area (Å²) in [6.45, 7) is 0.250. The van der Waals surface area contributed by atoms with Crippen molar-refractivity contribution in [2.24, 2.45) is 0 Å². The Bertz CT molecular complexity index is 671. The van der Waals surface area contributed by atoms with Crippen LogP contribution in [0.25, 0.3) is 0 Å². The number of benzene rings is 2. The fourth-order valence-electron chi connectivity index (χ4n) is 1.96. The summed E-state index contributed by atoms with van der Waals surface area (Å²) < 4.78 is 24.0. The van der Waals surface area contributed by atoms with E-state index in [1.165, 1.54) is 24.1 Å². The number of carbonyl (C=O) groups excluding carboxylic acids is 1. The fourth-order valence-corrected chi connectivity index (χ4v) is 1.96. The van der Waals surface area contributed by atoms with Crippen LogP contribution < -0.4 is 9.47 Å². The highest BCUT2D eigenvalue weighted by molar-refractivity contribution is 5.94. The van der Waals surface area contributed by atoms with Crippen molar-refractivity contribution in [3.8, 4) is 11.5 Å². The van der Waals surface area contributed by atoms with Gasteiger partial charge in [-0.05, 0) is 29.8 Å². The summed E-state index contributed by atoms with van der Waals surface area (Å²) in [4.78, 5) is 13.4. The molecule has 0 heterocycles. The molecule has 0 saturated heterocycles. The highest BCUT2D eigenvalue weighted by Gasteiger charge is 2.09. The van der Waals surface area contributed by atoms with Gasteiger partial charge in [-0.3, -0.25) is 4.79 Å². The standard InChI is InChI=1S/C17H18FNO3/c1-19(2)17(20)13-6-4-5-12(9-13)11-22-14-7-8-16(21-3)15(18)10-14/h4-10H,11H2,1-3H3. The summed E-state index contributed by atoms with van der Waals surface area (Å²) >= 11 is 0. The molecule has 2 aromatic carbocycles. The zero-order chi connectivity index (χ0) is 16.1. The molecule has 22 heavy (non-hydrogen) atoms. The Balaban J connectivity index is 2.07. The van der Waals surface area contributed by atoms with Crippen LogP contribution in [-0.2, 0) is 6.61 Å². The second kappa shape index (κ2) is 6.93. The smallest absolute Gasteiger partial charge is 0.253 e. The first-order valence-electron chi connectivity index (χ1n) is 6.78. The molecule has 0 aliphatic carbocycles. The second-order valence-electron chi connectivity index (χ2n) is 4.98. The first-order chi connectivity index (χ1) is 10.5. The molecule has 0 spiro atoms. The molecule has 0 aliphatic heterocycles. The molecule has 1 amide bonds. The van der Waals surface area contributed by atoms with Crippen molar-refractivity contribution in [2.75, 3.05) is 21.2 Å². The number of amides is 1. The molecule has 0 aliphatic rings. The molecule has 0 N–H and O–H groups in total. The Morgan fingerprint density at radius 1 is 1.18 bits per heavy atom. The first-order valence-corrected chi connectivity index (χ1v) is 6.78. The van der Waals surface area contributed by atoms with Crippen LogP contribution in [-0.4, -0.2) is 32.0 Å². The number of ether oxygens (including phenoxy) is 2. The predicted octanol–water partition coefficient (Wildman–Crippen LogP) is 3.12. The quantitative estimate of drug-likeness (QED) is 0.852. The molecule has 2 rings (SSSR count). The van der Waals surface area contributed by atoms with Gasteiger partial charge in [0.1, 0.15) is 12.4 Å². The lowest BCUT2D eigenvalue weighted by Gasteiger charge is -2.12. The molecule has 116 valence electrons. The van der Waals surface area contributed by atoms with Gasteiger partial charge in [0.2, 0.25) is 0 Å². The zero-order valence-electron chi connectivity index (χ0n) is 12.8. The van der Waals surface area contributed by atoms with Crippen molar-refractivity contribution in [1.29, 1.82) is 0 Å². The van der Waals surface area contributed by atoms with Gasteiger partial charge in [0.25, 0.3) is 5.91 Å². The normalized spacial score (nSPS) is 10.2. The van der Waals surface area contributed by atoms with E-state index in [0.29, 0.717) is 11.3 Å². The van der Waals surface area contributed by atoms with Crippen molar-refractivity contribution in [3.63, 3.8) is 0 Å². The van der Waals surface area contributed by atoms with Crippen LogP contribution in [0.5, 0.6) is 11.5 Å². The Hall–Kier alpha value is -2.56. The van der Waals surface area contributed by atoms with E-state index in [1.807, 2.05) is 6.07 Å². The lowest BCUT2D eigenvalue weighted by atomic mass is 10.1. The number of hydrogen-bond acceptors (Lipinski definition) is 3.